The van der Waals surface area contributed by atoms with Crippen LogP contribution in [0.25, 0.3) is 0 Å². The lowest BCUT2D eigenvalue weighted by atomic mass is 9.59. The molecule has 0 aromatic rings. The molecule has 0 radical (unpaired) electrons. The van der Waals surface area contributed by atoms with Gasteiger partial charge in [0, 0.05) is 11.5 Å². The summed E-state index contributed by atoms with van der Waals surface area (Å²) < 4.78 is 5.54. The first-order valence-corrected chi connectivity index (χ1v) is 6.70. The third-order valence-electron chi connectivity index (χ3n) is 4.94. The van der Waals surface area contributed by atoms with Crippen molar-refractivity contribution in [3.8, 4) is 0 Å². The maximum absolute atomic E-state index is 11.7. The highest BCUT2D eigenvalue weighted by molar-refractivity contribution is 5.91. The summed E-state index contributed by atoms with van der Waals surface area (Å²) in [5.74, 6) is -0.0774. The Labute approximate surface area is 108 Å². The van der Waals surface area contributed by atoms with Gasteiger partial charge in [0.15, 0.2) is 0 Å². The second-order valence-electron chi connectivity index (χ2n) is 6.31. The van der Waals surface area contributed by atoms with E-state index >= 15 is 0 Å². The van der Waals surface area contributed by atoms with Crippen LogP contribution in [0.2, 0.25) is 0 Å². The molecule has 0 spiro atoms. The van der Waals surface area contributed by atoms with E-state index in [0.717, 1.165) is 19.3 Å². The van der Waals surface area contributed by atoms with E-state index in [2.05, 4.69) is 20.4 Å². The van der Waals surface area contributed by atoms with Gasteiger partial charge < -0.3 is 9.84 Å². The SMILES string of the molecule is C=C1C(=O)O[C@H]2C3=C(C)C[C@H](O)C[C@]3(C)CC[C@@H]12. The van der Waals surface area contributed by atoms with Gasteiger partial charge in [-0.05, 0) is 43.6 Å². The van der Waals surface area contributed by atoms with Gasteiger partial charge >= 0.3 is 5.97 Å². The summed E-state index contributed by atoms with van der Waals surface area (Å²) in [6.45, 7) is 8.13. The number of rotatable bonds is 0. The molecule has 1 heterocycles. The van der Waals surface area contributed by atoms with E-state index in [1.54, 1.807) is 0 Å². The van der Waals surface area contributed by atoms with Crippen LogP contribution in [-0.2, 0) is 9.53 Å². The second-order valence-corrected chi connectivity index (χ2v) is 6.31. The van der Waals surface area contributed by atoms with Crippen LogP contribution in [0.4, 0.5) is 0 Å². The first-order valence-electron chi connectivity index (χ1n) is 6.70. The van der Waals surface area contributed by atoms with Crippen molar-refractivity contribution in [2.24, 2.45) is 11.3 Å². The highest BCUT2D eigenvalue weighted by Crippen LogP contribution is 2.55. The van der Waals surface area contributed by atoms with Gasteiger partial charge in [-0.3, -0.25) is 0 Å². The van der Waals surface area contributed by atoms with E-state index in [1.807, 2.05) is 0 Å². The van der Waals surface area contributed by atoms with Crippen LogP contribution in [0.1, 0.15) is 39.5 Å². The normalized spacial score (nSPS) is 43.6. The van der Waals surface area contributed by atoms with Crippen LogP contribution in [0.5, 0.6) is 0 Å². The molecule has 2 fully saturated rings. The van der Waals surface area contributed by atoms with Crippen molar-refractivity contribution >= 4 is 5.97 Å². The van der Waals surface area contributed by atoms with E-state index in [-0.39, 0.29) is 29.5 Å². The van der Waals surface area contributed by atoms with Gasteiger partial charge in [0.05, 0.1) is 6.10 Å². The van der Waals surface area contributed by atoms with Gasteiger partial charge in [-0.2, -0.15) is 0 Å². The monoisotopic (exact) mass is 248 g/mol. The van der Waals surface area contributed by atoms with E-state index in [0.29, 0.717) is 12.0 Å². The molecule has 1 aliphatic heterocycles. The van der Waals surface area contributed by atoms with Crippen LogP contribution in [0.3, 0.4) is 0 Å². The molecule has 3 heteroatoms. The lowest BCUT2D eigenvalue weighted by Gasteiger charge is -2.46. The molecule has 0 unspecified atom stereocenters. The molecule has 4 atom stereocenters. The molecule has 0 bridgehead atoms. The van der Waals surface area contributed by atoms with Gasteiger partial charge in [-0.25, -0.2) is 4.79 Å². The van der Waals surface area contributed by atoms with E-state index in [9.17, 15) is 9.90 Å². The fourth-order valence-corrected chi connectivity index (χ4v) is 4.17. The van der Waals surface area contributed by atoms with E-state index in [4.69, 9.17) is 4.74 Å². The van der Waals surface area contributed by atoms with Gasteiger partial charge in [0.2, 0.25) is 0 Å². The fraction of sp³-hybridized carbons (Fsp3) is 0.667. The summed E-state index contributed by atoms with van der Waals surface area (Å²) in [6.07, 6.45) is 3.07. The van der Waals surface area contributed by atoms with Gasteiger partial charge in [0.1, 0.15) is 6.10 Å². The van der Waals surface area contributed by atoms with Crippen molar-refractivity contribution < 1.29 is 14.6 Å². The molecular formula is C15H20O3. The quantitative estimate of drug-likeness (QED) is 0.406. The number of carbonyl (C=O) groups is 1. The smallest absolute Gasteiger partial charge is 0.334 e. The molecule has 0 amide bonds. The summed E-state index contributed by atoms with van der Waals surface area (Å²) >= 11 is 0. The predicted octanol–water partition coefficient (Wildman–Crippen LogP) is 2.36. The van der Waals surface area contributed by atoms with E-state index in [1.165, 1.54) is 11.1 Å². The van der Waals surface area contributed by atoms with Crippen molar-refractivity contribution in [3.63, 3.8) is 0 Å². The molecule has 0 aromatic carbocycles. The van der Waals surface area contributed by atoms with Crippen molar-refractivity contribution in [1.82, 2.24) is 0 Å². The zero-order valence-electron chi connectivity index (χ0n) is 11.0. The summed E-state index contributed by atoms with van der Waals surface area (Å²) in [7, 11) is 0. The Morgan fingerprint density at radius 2 is 2.22 bits per heavy atom. The lowest BCUT2D eigenvalue weighted by molar-refractivity contribution is -0.138. The number of aliphatic hydroxyl groups is 1. The molecular weight excluding hydrogens is 228 g/mol. The Kier molecular flexibility index (Phi) is 2.46. The molecule has 18 heavy (non-hydrogen) atoms. The molecule has 3 nitrogen and oxygen atoms in total. The third-order valence-corrected chi connectivity index (χ3v) is 4.94. The molecule has 3 rings (SSSR count). The molecule has 3 aliphatic rings. The minimum Gasteiger partial charge on any atom is -0.454 e. The number of hydrogen-bond donors (Lipinski definition) is 1. The largest absolute Gasteiger partial charge is 0.454 e. The van der Waals surface area contributed by atoms with Crippen LogP contribution in [0.15, 0.2) is 23.3 Å². The summed E-state index contributed by atoms with van der Waals surface area (Å²) in [5.41, 5.74) is 3.09. The molecule has 0 aromatic heterocycles. The first kappa shape index (κ1) is 12.0. The number of carbonyl (C=O) groups excluding carboxylic acids is 1. The Morgan fingerprint density at radius 3 is 2.94 bits per heavy atom. The van der Waals surface area contributed by atoms with Crippen molar-refractivity contribution in [2.75, 3.05) is 0 Å². The first-order chi connectivity index (χ1) is 8.42. The average molecular weight is 248 g/mol. The topological polar surface area (TPSA) is 46.5 Å². The number of aliphatic hydroxyl groups excluding tert-OH is 1. The Hall–Kier alpha value is -1.09. The molecule has 1 saturated carbocycles. The lowest BCUT2D eigenvalue weighted by Crippen LogP contribution is -2.42. The number of esters is 1. The highest BCUT2D eigenvalue weighted by atomic mass is 16.6. The third kappa shape index (κ3) is 1.50. The highest BCUT2D eigenvalue weighted by Gasteiger charge is 2.52. The standard InChI is InChI=1S/C15H20O3/c1-8-6-10(16)7-15(3)5-4-11-9(2)14(17)18-13(11)12(8)15/h10-11,13,16H,2,4-7H2,1,3H3/t10-,11-,13+,15-/m0/s1. The fourth-order valence-electron chi connectivity index (χ4n) is 4.17. The summed E-state index contributed by atoms with van der Waals surface area (Å²) in [4.78, 5) is 11.7. The molecule has 1 saturated heterocycles. The molecule has 2 aliphatic carbocycles. The number of ether oxygens (including phenoxy) is 1. The van der Waals surface area contributed by atoms with Crippen LogP contribution in [-0.4, -0.2) is 23.3 Å². The summed E-state index contributed by atoms with van der Waals surface area (Å²) in [6, 6.07) is 0. The summed E-state index contributed by atoms with van der Waals surface area (Å²) in [5, 5.41) is 9.97. The second kappa shape index (κ2) is 3.70. The minimum absolute atomic E-state index is 0.00613. The molecule has 98 valence electrons. The minimum atomic E-state index is -0.254. The Morgan fingerprint density at radius 1 is 1.50 bits per heavy atom. The molecule has 1 N–H and O–H groups in total. The van der Waals surface area contributed by atoms with Crippen molar-refractivity contribution in [2.45, 2.75) is 51.7 Å². The van der Waals surface area contributed by atoms with E-state index < -0.39 is 0 Å². The zero-order valence-corrected chi connectivity index (χ0v) is 11.0. The van der Waals surface area contributed by atoms with Gasteiger partial charge in [0.25, 0.3) is 0 Å². The predicted molar refractivity (Wildman–Crippen MR) is 67.8 cm³/mol. The average Bonchev–Trinajstić information content (AvgIpc) is 2.52. The number of hydrogen-bond acceptors (Lipinski definition) is 3. The van der Waals surface area contributed by atoms with Crippen LogP contribution in [0, 0.1) is 11.3 Å². The maximum atomic E-state index is 11.7. The van der Waals surface area contributed by atoms with Gasteiger partial charge in [-0.15, -0.1) is 0 Å². The van der Waals surface area contributed by atoms with Crippen molar-refractivity contribution in [1.29, 1.82) is 0 Å². The number of fused-ring (bicyclic) bond motifs is 3. The van der Waals surface area contributed by atoms with Crippen molar-refractivity contribution in [3.05, 3.63) is 23.3 Å². The van der Waals surface area contributed by atoms with Crippen LogP contribution >= 0.6 is 0 Å². The Bertz CT molecular complexity index is 462. The van der Waals surface area contributed by atoms with Crippen LogP contribution < -0.4 is 0 Å². The zero-order chi connectivity index (χ0) is 13.1. The van der Waals surface area contributed by atoms with Gasteiger partial charge in [-0.1, -0.05) is 19.1 Å². The maximum Gasteiger partial charge on any atom is 0.334 e. The Balaban J connectivity index is 2.06.